The highest BCUT2D eigenvalue weighted by molar-refractivity contribution is 6.18. The largest absolute Gasteiger partial charge is 0.377 e. The summed E-state index contributed by atoms with van der Waals surface area (Å²) in [6.45, 7) is 2.39. The summed E-state index contributed by atoms with van der Waals surface area (Å²) in [6.07, 6.45) is 0. The SMILES string of the molecule is Cc1ccc(F)c(C(=O)N2CCOCC2CCl)c1F. The van der Waals surface area contributed by atoms with Gasteiger partial charge in [0.1, 0.15) is 17.2 Å². The molecule has 2 rings (SSSR count). The summed E-state index contributed by atoms with van der Waals surface area (Å²) in [6, 6.07) is 2.05. The van der Waals surface area contributed by atoms with Crippen LogP contribution in [0.15, 0.2) is 12.1 Å². The Kier molecular flexibility index (Phi) is 4.37. The lowest BCUT2D eigenvalue weighted by molar-refractivity contribution is 0.00404. The average Bonchev–Trinajstić information content (AvgIpc) is 2.43. The van der Waals surface area contributed by atoms with E-state index in [4.69, 9.17) is 16.3 Å². The van der Waals surface area contributed by atoms with Gasteiger partial charge in [0.15, 0.2) is 0 Å². The molecule has 3 nitrogen and oxygen atoms in total. The van der Waals surface area contributed by atoms with Crippen molar-refractivity contribution in [2.45, 2.75) is 13.0 Å². The van der Waals surface area contributed by atoms with Gasteiger partial charge in [-0.1, -0.05) is 6.07 Å². The number of amides is 1. The van der Waals surface area contributed by atoms with Gasteiger partial charge in [0.2, 0.25) is 0 Å². The molecule has 19 heavy (non-hydrogen) atoms. The van der Waals surface area contributed by atoms with Gasteiger partial charge in [-0.05, 0) is 18.6 Å². The fraction of sp³-hybridized carbons (Fsp3) is 0.462. The predicted octanol–water partition coefficient (Wildman–Crippen LogP) is 2.35. The molecule has 1 unspecified atom stereocenters. The molecule has 0 spiro atoms. The summed E-state index contributed by atoms with van der Waals surface area (Å²) in [5.74, 6) is -2.17. The zero-order valence-corrected chi connectivity index (χ0v) is 11.2. The van der Waals surface area contributed by atoms with Gasteiger partial charge in [0.25, 0.3) is 5.91 Å². The minimum atomic E-state index is -0.854. The van der Waals surface area contributed by atoms with E-state index in [-0.39, 0.29) is 30.6 Å². The molecule has 104 valence electrons. The molecule has 1 atom stereocenters. The number of carbonyl (C=O) groups is 1. The maximum Gasteiger partial charge on any atom is 0.260 e. The van der Waals surface area contributed by atoms with Crippen molar-refractivity contribution < 1.29 is 18.3 Å². The van der Waals surface area contributed by atoms with Crippen LogP contribution in [0.4, 0.5) is 8.78 Å². The van der Waals surface area contributed by atoms with Gasteiger partial charge in [-0.15, -0.1) is 11.6 Å². The number of morpholine rings is 1. The number of rotatable bonds is 2. The van der Waals surface area contributed by atoms with E-state index in [0.29, 0.717) is 6.61 Å². The van der Waals surface area contributed by atoms with Crippen LogP contribution in [-0.2, 0) is 4.74 Å². The van der Waals surface area contributed by atoms with Gasteiger partial charge in [-0.2, -0.15) is 0 Å². The summed E-state index contributed by atoms with van der Waals surface area (Å²) < 4.78 is 32.9. The third-order valence-electron chi connectivity index (χ3n) is 3.16. The number of hydrogen-bond acceptors (Lipinski definition) is 2. The topological polar surface area (TPSA) is 29.5 Å². The number of benzene rings is 1. The lowest BCUT2D eigenvalue weighted by Crippen LogP contribution is -2.50. The van der Waals surface area contributed by atoms with E-state index in [2.05, 4.69) is 0 Å². The first-order valence-corrected chi connectivity index (χ1v) is 6.49. The fourth-order valence-electron chi connectivity index (χ4n) is 2.05. The van der Waals surface area contributed by atoms with Crippen LogP contribution in [0.3, 0.4) is 0 Å². The number of hydrogen-bond donors (Lipinski definition) is 0. The Morgan fingerprint density at radius 1 is 1.53 bits per heavy atom. The van der Waals surface area contributed by atoms with Gasteiger partial charge < -0.3 is 9.64 Å². The molecule has 1 aliphatic heterocycles. The number of aryl methyl sites for hydroxylation is 1. The zero-order chi connectivity index (χ0) is 14.0. The van der Waals surface area contributed by atoms with Crippen LogP contribution in [0, 0.1) is 18.6 Å². The van der Waals surface area contributed by atoms with E-state index in [1.165, 1.54) is 17.9 Å². The first-order chi connectivity index (χ1) is 9.06. The monoisotopic (exact) mass is 289 g/mol. The summed E-state index contributed by atoms with van der Waals surface area (Å²) in [5.41, 5.74) is -0.280. The highest BCUT2D eigenvalue weighted by Crippen LogP contribution is 2.21. The number of ether oxygens (including phenoxy) is 1. The average molecular weight is 290 g/mol. The Balaban J connectivity index is 2.36. The van der Waals surface area contributed by atoms with E-state index < -0.39 is 23.1 Å². The minimum Gasteiger partial charge on any atom is -0.377 e. The molecule has 0 aromatic heterocycles. The molecular weight excluding hydrogens is 276 g/mol. The molecule has 6 heteroatoms. The molecule has 1 heterocycles. The summed E-state index contributed by atoms with van der Waals surface area (Å²) in [5, 5.41) is 0. The van der Waals surface area contributed by atoms with Crippen molar-refractivity contribution in [2.75, 3.05) is 25.6 Å². The van der Waals surface area contributed by atoms with E-state index in [9.17, 15) is 13.6 Å². The van der Waals surface area contributed by atoms with Crippen molar-refractivity contribution in [3.05, 3.63) is 34.9 Å². The predicted molar refractivity (Wildman–Crippen MR) is 67.5 cm³/mol. The molecule has 1 amide bonds. The van der Waals surface area contributed by atoms with Crippen LogP contribution < -0.4 is 0 Å². The maximum atomic E-state index is 13.9. The molecule has 0 saturated carbocycles. The molecule has 1 saturated heterocycles. The van der Waals surface area contributed by atoms with Crippen molar-refractivity contribution in [1.82, 2.24) is 4.90 Å². The van der Waals surface area contributed by atoms with Gasteiger partial charge >= 0.3 is 0 Å². The second-order valence-electron chi connectivity index (χ2n) is 4.43. The van der Waals surface area contributed by atoms with E-state index in [0.717, 1.165) is 6.07 Å². The minimum absolute atomic E-state index is 0.167. The fourth-order valence-corrected chi connectivity index (χ4v) is 2.30. The number of nitrogens with zero attached hydrogens (tertiary/aromatic N) is 1. The lowest BCUT2D eigenvalue weighted by Gasteiger charge is -2.34. The Bertz CT molecular complexity index is 496. The summed E-state index contributed by atoms with van der Waals surface area (Å²) in [4.78, 5) is 13.7. The second-order valence-corrected chi connectivity index (χ2v) is 4.74. The molecule has 1 aromatic carbocycles. The normalized spacial score (nSPS) is 19.6. The number of alkyl halides is 1. The number of halogens is 3. The summed E-state index contributed by atoms with van der Waals surface area (Å²) in [7, 11) is 0. The Morgan fingerprint density at radius 3 is 2.95 bits per heavy atom. The van der Waals surface area contributed by atoms with E-state index >= 15 is 0 Å². The van der Waals surface area contributed by atoms with Gasteiger partial charge in [0, 0.05) is 12.4 Å². The van der Waals surface area contributed by atoms with Crippen LogP contribution in [0.25, 0.3) is 0 Å². The van der Waals surface area contributed by atoms with Gasteiger partial charge in [0.05, 0.1) is 19.3 Å². The standard InChI is InChI=1S/C13H14ClF2NO2/c1-8-2-3-10(15)11(12(8)16)13(18)17-4-5-19-7-9(17)6-14/h2-3,9H,4-7H2,1H3. The molecule has 1 aliphatic rings. The van der Waals surface area contributed by atoms with Crippen molar-refractivity contribution in [3.63, 3.8) is 0 Å². The smallest absolute Gasteiger partial charge is 0.260 e. The Labute approximate surface area is 115 Å². The Morgan fingerprint density at radius 2 is 2.26 bits per heavy atom. The van der Waals surface area contributed by atoms with Crippen LogP contribution in [0.5, 0.6) is 0 Å². The van der Waals surface area contributed by atoms with Crippen molar-refractivity contribution >= 4 is 17.5 Å². The summed E-state index contributed by atoms with van der Waals surface area (Å²) >= 11 is 5.76. The molecule has 1 fully saturated rings. The third-order valence-corrected chi connectivity index (χ3v) is 3.52. The number of carbonyl (C=O) groups excluding carboxylic acids is 1. The van der Waals surface area contributed by atoms with Crippen LogP contribution in [0.1, 0.15) is 15.9 Å². The quantitative estimate of drug-likeness (QED) is 0.782. The van der Waals surface area contributed by atoms with Crippen LogP contribution in [-0.4, -0.2) is 42.5 Å². The second kappa shape index (κ2) is 5.84. The third kappa shape index (κ3) is 2.72. The zero-order valence-electron chi connectivity index (χ0n) is 10.5. The first kappa shape index (κ1) is 14.2. The highest BCUT2D eigenvalue weighted by Gasteiger charge is 2.31. The van der Waals surface area contributed by atoms with Crippen LogP contribution in [0.2, 0.25) is 0 Å². The molecule has 0 radical (unpaired) electrons. The maximum absolute atomic E-state index is 13.9. The van der Waals surface area contributed by atoms with Gasteiger partial charge in [-0.3, -0.25) is 4.79 Å². The lowest BCUT2D eigenvalue weighted by atomic mass is 10.1. The highest BCUT2D eigenvalue weighted by atomic mass is 35.5. The molecule has 1 aromatic rings. The van der Waals surface area contributed by atoms with Crippen molar-refractivity contribution in [1.29, 1.82) is 0 Å². The van der Waals surface area contributed by atoms with Crippen molar-refractivity contribution in [3.8, 4) is 0 Å². The van der Waals surface area contributed by atoms with E-state index in [1.54, 1.807) is 0 Å². The van der Waals surface area contributed by atoms with Gasteiger partial charge in [-0.25, -0.2) is 8.78 Å². The molecule has 0 bridgehead atoms. The molecular formula is C13H14ClF2NO2. The molecule has 0 aliphatic carbocycles. The van der Waals surface area contributed by atoms with E-state index in [1.807, 2.05) is 0 Å². The molecule has 0 N–H and O–H groups in total. The first-order valence-electron chi connectivity index (χ1n) is 5.95. The Hall–Kier alpha value is -1.20. The van der Waals surface area contributed by atoms with Crippen LogP contribution >= 0.6 is 11.6 Å². The van der Waals surface area contributed by atoms with Crippen molar-refractivity contribution in [2.24, 2.45) is 0 Å².